The number of benzene rings is 1. The quantitative estimate of drug-likeness (QED) is 0.810. The highest BCUT2D eigenvalue weighted by atomic mass is 32.1. The second-order valence-electron chi connectivity index (χ2n) is 3.53. The third-order valence-corrected chi connectivity index (χ3v) is 2.58. The van der Waals surface area contributed by atoms with Crippen molar-refractivity contribution in [2.75, 3.05) is 0 Å². The zero-order chi connectivity index (χ0) is 11.5. The molecule has 2 aromatic rings. The molecular formula is C11H12N4S. The maximum Gasteiger partial charge on any atom is 0.142 e. The van der Waals surface area contributed by atoms with Crippen LogP contribution < -0.4 is 5.73 Å². The van der Waals surface area contributed by atoms with E-state index in [9.17, 15) is 0 Å². The van der Waals surface area contributed by atoms with Gasteiger partial charge in [-0.2, -0.15) is 0 Å². The summed E-state index contributed by atoms with van der Waals surface area (Å²) >= 11 is 4.89. The molecule has 0 saturated heterocycles. The van der Waals surface area contributed by atoms with Crippen LogP contribution in [0.5, 0.6) is 0 Å². The lowest BCUT2D eigenvalue weighted by Crippen LogP contribution is -2.12. The van der Waals surface area contributed by atoms with Gasteiger partial charge in [-0.25, -0.2) is 4.68 Å². The van der Waals surface area contributed by atoms with Crippen LogP contribution in [0.4, 0.5) is 0 Å². The Morgan fingerprint density at radius 3 is 2.62 bits per heavy atom. The average Bonchev–Trinajstić information content (AvgIpc) is 2.62. The van der Waals surface area contributed by atoms with E-state index in [2.05, 4.69) is 10.3 Å². The topological polar surface area (TPSA) is 56.7 Å². The first-order valence-electron chi connectivity index (χ1n) is 4.92. The van der Waals surface area contributed by atoms with Gasteiger partial charge >= 0.3 is 0 Å². The number of nitrogens with two attached hydrogens (primary N) is 1. The number of nitrogens with zero attached hydrogens (tertiary/aromatic N) is 3. The van der Waals surface area contributed by atoms with Crippen LogP contribution >= 0.6 is 12.2 Å². The zero-order valence-corrected chi connectivity index (χ0v) is 9.74. The molecule has 0 aliphatic rings. The van der Waals surface area contributed by atoms with Crippen molar-refractivity contribution in [3.63, 3.8) is 0 Å². The van der Waals surface area contributed by atoms with Gasteiger partial charge in [-0.3, -0.25) is 0 Å². The highest BCUT2D eigenvalue weighted by Gasteiger charge is 2.10. The first-order chi connectivity index (χ1) is 7.68. The van der Waals surface area contributed by atoms with Gasteiger partial charge in [0.05, 0.1) is 12.2 Å². The van der Waals surface area contributed by atoms with Crippen molar-refractivity contribution in [2.24, 2.45) is 5.73 Å². The summed E-state index contributed by atoms with van der Waals surface area (Å²) in [6.07, 6.45) is 0. The van der Waals surface area contributed by atoms with Crippen molar-refractivity contribution in [3.8, 4) is 0 Å². The highest BCUT2D eigenvalue weighted by molar-refractivity contribution is 7.80. The fourth-order valence-electron chi connectivity index (χ4n) is 1.49. The number of hydrogen-bond acceptors (Lipinski definition) is 3. The summed E-state index contributed by atoms with van der Waals surface area (Å²) < 4.78 is 1.80. The molecule has 1 aromatic carbocycles. The smallest absolute Gasteiger partial charge is 0.142 e. The fraction of sp³-hybridized carbons (Fsp3) is 0.182. The molecule has 0 aliphatic carbocycles. The first-order valence-corrected chi connectivity index (χ1v) is 5.33. The molecular weight excluding hydrogens is 220 g/mol. The Labute approximate surface area is 99.1 Å². The lowest BCUT2D eigenvalue weighted by molar-refractivity contribution is 0.633. The van der Waals surface area contributed by atoms with Crippen molar-refractivity contribution < 1.29 is 0 Å². The largest absolute Gasteiger partial charge is 0.388 e. The fourth-order valence-corrected chi connectivity index (χ4v) is 1.68. The van der Waals surface area contributed by atoms with Gasteiger partial charge in [-0.15, -0.1) is 5.10 Å². The minimum atomic E-state index is 0.289. The van der Waals surface area contributed by atoms with E-state index in [0.717, 1.165) is 5.69 Å². The Morgan fingerprint density at radius 1 is 1.38 bits per heavy atom. The Morgan fingerprint density at radius 2 is 2.06 bits per heavy atom. The van der Waals surface area contributed by atoms with E-state index in [0.29, 0.717) is 12.2 Å². The summed E-state index contributed by atoms with van der Waals surface area (Å²) in [5.41, 5.74) is 8.21. The van der Waals surface area contributed by atoms with Crippen LogP contribution in [0, 0.1) is 6.92 Å². The highest BCUT2D eigenvalue weighted by Crippen LogP contribution is 2.07. The zero-order valence-electron chi connectivity index (χ0n) is 8.92. The molecule has 0 atom stereocenters. The van der Waals surface area contributed by atoms with Crippen molar-refractivity contribution in [1.29, 1.82) is 0 Å². The second-order valence-corrected chi connectivity index (χ2v) is 3.97. The SMILES string of the molecule is Cc1c(C(N)=S)nnn1Cc1ccccc1. The van der Waals surface area contributed by atoms with Crippen LogP contribution in [0.25, 0.3) is 0 Å². The predicted molar refractivity (Wildman–Crippen MR) is 66.2 cm³/mol. The molecule has 0 saturated carbocycles. The van der Waals surface area contributed by atoms with Gasteiger partial charge in [0, 0.05) is 0 Å². The second kappa shape index (κ2) is 4.40. The summed E-state index contributed by atoms with van der Waals surface area (Å²) in [4.78, 5) is 0.289. The number of thiocarbonyl (C=S) groups is 1. The lowest BCUT2D eigenvalue weighted by atomic mass is 10.2. The van der Waals surface area contributed by atoms with E-state index < -0.39 is 0 Å². The molecule has 0 fully saturated rings. The molecule has 0 bridgehead atoms. The molecule has 1 heterocycles. The molecule has 82 valence electrons. The van der Waals surface area contributed by atoms with Gasteiger partial charge < -0.3 is 5.73 Å². The number of hydrogen-bond donors (Lipinski definition) is 1. The molecule has 1 aromatic heterocycles. The Balaban J connectivity index is 2.26. The predicted octanol–water partition coefficient (Wildman–Crippen LogP) is 1.27. The molecule has 0 aliphatic heterocycles. The standard InChI is InChI=1S/C11H12N4S/c1-8-10(11(12)16)13-14-15(8)7-9-5-3-2-4-6-9/h2-6H,7H2,1H3,(H2,12,16). The molecule has 0 radical (unpaired) electrons. The van der Waals surface area contributed by atoms with E-state index in [1.54, 1.807) is 4.68 Å². The summed E-state index contributed by atoms with van der Waals surface area (Å²) in [6, 6.07) is 10.1. The molecule has 16 heavy (non-hydrogen) atoms. The van der Waals surface area contributed by atoms with Crippen molar-refractivity contribution in [1.82, 2.24) is 15.0 Å². The number of aromatic nitrogens is 3. The van der Waals surface area contributed by atoms with Gasteiger partial charge in [0.2, 0.25) is 0 Å². The van der Waals surface area contributed by atoms with Crippen molar-refractivity contribution in [2.45, 2.75) is 13.5 Å². The Bertz CT molecular complexity index is 504. The van der Waals surface area contributed by atoms with E-state index in [-0.39, 0.29) is 4.99 Å². The van der Waals surface area contributed by atoms with Crippen molar-refractivity contribution >= 4 is 17.2 Å². The van der Waals surface area contributed by atoms with Crippen LogP contribution in [0.1, 0.15) is 17.0 Å². The van der Waals surface area contributed by atoms with Gasteiger partial charge in [-0.1, -0.05) is 47.8 Å². The minimum Gasteiger partial charge on any atom is -0.388 e. The first kappa shape index (κ1) is 10.8. The Hall–Kier alpha value is -1.75. The maximum atomic E-state index is 5.54. The maximum absolute atomic E-state index is 5.54. The third kappa shape index (κ3) is 2.09. The molecule has 0 amide bonds. The van der Waals surface area contributed by atoms with Crippen LogP contribution in [0.2, 0.25) is 0 Å². The summed E-state index contributed by atoms with van der Waals surface area (Å²) in [7, 11) is 0. The van der Waals surface area contributed by atoms with Gasteiger partial charge in [0.1, 0.15) is 10.7 Å². The third-order valence-electron chi connectivity index (χ3n) is 2.39. The van der Waals surface area contributed by atoms with Crippen LogP contribution in [-0.2, 0) is 6.54 Å². The Kier molecular flexibility index (Phi) is 2.96. The van der Waals surface area contributed by atoms with E-state index in [4.69, 9.17) is 18.0 Å². The molecule has 2 rings (SSSR count). The minimum absolute atomic E-state index is 0.289. The molecule has 0 spiro atoms. The van der Waals surface area contributed by atoms with Gasteiger partial charge in [0.25, 0.3) is 0 Å². The summed E-state index contributed by atoms with van der Waals surface area (Å²) in [5, 5.41) is 7.99. The van der Waals surface area contributed by atoms with Crippen LogP contribution in [0.3, 0.4) is 0 Å². The van der Waals surface area contributed by atoms with E-state index in [1.807, 2.05) is 37.3 Å². The van der Waals surface area contributed by atoms with E-state index in [1.165, 1.54) is 5.56 Å². The van der Waals surface area contributed by atoms with Crippen LogP contribution in [-0.4, -0.2) is 20.0 Å². The average molecular weight is 232 g/mol. The molecule has 4 nitrogen and oxygen atoms in total. The monoisotopic (exact) mass is 232 g/mol. The normalized spacial score (nSPS) is 10.3. The summed E-state index contributed by atoms with van der Waals surface area (Å²) in [6.45, 7) is 2.60. The molecule has 0 unspecified atom stereocenters. The lowest BCUT2D eigenvalue weighted by Gasteiger charge is -2.03. The number of rotatable bonds is 3. The molecule has 5 heteroatoms. The van der Waals surface area contributed by atoms with Crippen molar-refractivity contribution in [3.05, 3.63) is 47.3 Å². The van der Waals surface area contributed by atoms with E-state index >= 15 is 0 Å². The van der Waals surface area contributed by atoms with Crippen LogP contribution in [0.15, 0.2) is 30.3 Å². The summed E-state index contributed by atoms with van der Waals surface area (Å²) in [5.74, 6) is 0. The molecule has 2 N–H and O–H groups in total. The van der Waals surface area contributed by atoms with Gasteiger partial charge in [0.15, 0.2) is 0 Å². The van der Waals surface area contributed by atoms with Gasteiger partial charge in [-0.05, 0) is 12.5 Å².